The van der Waals surface area contributed by atoms with E-state index in [1.54, 1.807) is 37.3 Å². The van der Waals surface area contributed by atoms with Crippen LogP contribution in [0.5, 0.6) is 0 Å². The fraction of sp³-hybridized carbons (Fsp3) is 0.200. The highest BCUT2D eigenvalue weighted by Crippen LogP contribution is 2.32. The molecule has 1 aliphatic rings. The lowest BCUT2D eigenvalue weighted by Crippen LogP contribution is -2.37. The summed E-state index contributed by atoms with van der Waals surface area (Å²) >= 11 is 0.784. The number of amides is 3. The molecule has 1 aromatic carbocycles. The van der Waals surface area contributed by atoms with Crippen molar-refractivity contribution in [2.45, 2.75) is 0 Å². The molecule has 1 aromatic heterocycles. The van der Waals surface area contributed by atoms with Gasteiger partial charge in [0.2, 0.25) is 0 Å². The summed E-state index contributed by atoms with van der Waals surface area (Å²) < 4.78 is 0. The Morgan fingerprint density at radius 2 is 1.97 bits per heavy atom. The van der Waals surface area contributed by atoms with E-state index in [0.29, 0.717) is 16.9 Å². The first kappa shape index (κ1) is 22.0. The van der Waals surface area contributed by atoms with E-state index in [4.69, 9.17) is 0 Å². The second-order valence-corrected chi connectivity index (χ2v) is 7.70. The normalized spacial score (nSPS) is 14.8. The molecule has 31 heavy (non-hydrogen) atoms. The molecule has 160 valence electrons. The summed E-state index contributed by atoms with van der Waals surface area (Å²) in [5.41, 5.74) is 0.893. The highest BCUT2D eigenvalue weighted by atomic mass is 32.2. The highest BCUT2D eigenvalue weighted by Gasteiger charge is 2.34. The topological polar surface area (TPSA) is 126 Å². The van der Waals surface area contributed by atoms with Crippen molar-refractivity contribution >= 4 is 46.4 Å². The van der Waals surface area contributed by atoms with Gasteiger partial charge in [-0.15, -0.1) is 0 Å². The zero-order chi connectivity index (χ0) is 22.5. The van der Waals surface area contributed by atoms with Crippen molar-refractivity contribution in [2.75, 3.05) is 32.1 Å². The van der Waals surface area contributed by atoms with Gasteiger partial charge < -0.3 is 10.2 Å². The number of aromatic nitrogens is 1. The van der Waals surface area contributed by atoms with Crippen molar-refractivity contribution in [1.82, 2.24) is 15.2 Å². The number of carbonyl (C=O) groups is 3. The van der Waals surface area contributed by atoms with Gasteiger partial charge in [-0.1, -0.05) is 0 Å². The molecule has 11 heteroatoms. The molecule has 1 fully saturated rings. The molecular formula is C20H19N5O5S. The maximum absolute atomic E-state index is 12.6. The van der Waals surface area contributed by atoms with E-state index in [0.717, 1.165) is 16.7 Å². The number of pyridine rings is 1. The summed E-state index contributed by atoms with van der Waals surface area (Å²) in [6.45, 7) is 0.106. The second kappa shape index (κ2) is 9.39. The zero-order valence-corrected chi connectivity index (χ0v) is 17.6. The van der Waals surface area contributed by atoms with Crippen LogP contribution in [0.1, 0.15) is 15.9 Å². The number of anilines is 1. The van der Waals surface area contributed by atoms with Gasteiger partial charge in [0.15, 0.2) is 0 Å². The minimum Gasteiger partial charge on any atom is -0.362 e. The molecule has 2 heterocycles. The maximum Gasteiger partial charge on any atom is 0.293 e. The van der Waals surface area contributed by atoms with Crippen LogP contribution in [0.15, 0.2) is 47.5 Å². The Kier molecular flexibility index (Phi) is 6.65. The number of hydrogen-bond donors (Lipinski definition) is 1. The van der Waals surface area contributed by atoms with E-state index < -0.39 is 16.1 Å². The summed E-state index contributed by atoms with van der Waals surface area (Å²) in [7, 11) is 3.55. The van der Waals surface area contributed by atoms with Crippen molar-refractivity contribution in [2.24, 2.45) is 0 Å². The average Bonchev–Trinajstić information content (AvgIpc) is 3.01. The van der Waals surface area contributed by atoms with Crippen molar-refractivity contribution in [3.8, 4) is 0 Å². The average molecular weight is 441 g/mol. The van der Waals surface area contributed by atoms with Crippen molar-refractivity contribution < 1.29 is 19.3 Å². The quantitative estimate of drug-likeness (QED) is 0.395. The molecule has 2 aromatic rings. The fourth-order valence-corrected chi connectivity index (χ4v) is 3.71. The maximum atomic E-state index is 12.6. The third-order valence-electron chi connectivity index (χ3n) is 4.35. The first-order valence-electron chi connectivity index (χ1n) is 9.18. The molecule has 0 saturated carbocycles. The number of thioether (sulfide) groups is 1. The molecule has 0 radical (unpaired) electrons. The lowest BCUT2D eigenvalue weighted by atomic mass is 10.2. The van der Waals surface area contributed by atoms with Crippen molar-refractivity contribution in [3.63, 3.8) is 0 Å². The van der Waals surface area contributed by atoms with E-state index in [1.807, 2.05) is 0 Å². The minimum absolute atomic E-state index is 0.0194. The third-order valence-corrected chi connectivity index (χ3v) is 5.26. The van der Waals surface area contributed by atoms with Crippen LogP contribution in [0.2, 0.25) is 0 Å². The van der Waals surface area contributed by atoms with Crippen LogP contribution in [0.3, 0.4) is 0 Å². The number of rotatable bonds is 7. The number of benzene rings is 1. The molecule has 0 atom stereocenters. The number of nitro benzene ring substituents is 1. The molecule has 10 nitrogen and oxygen atoms in total. The van der Waals surface area contributed by atoms with E-state index in [2.05, 4.69) is 10.3 Å². The van der Waals surface area contributed by atoms with Gasteiger partial charge in [0.1, 0.15) is 5.82 Å². The van der Waals surface area contributed by atoms with Gasteiger partial charge >= 0.3 is 0 Å². The largest absolute Gasteiger partial charge is 0.362 e. The number of imide groups is 1. The Bertz CT molecular complexity index is 1070. The van der Waals surface area contributed by atoms with Crippen LogP contribution in [0.25, 0.3) is 6.08 Å². The van der Waals surface area contributed by atoms with E-state index in [9.17, 15) is 24.5 Å². The first-order valence-corrected chi connectivity index (χ1v) is 10.00. The Balaban J connectivity index is 1.62. The van der Waals surface area contributed by atoms with Gasteiger partial charge in [-0.3, -0.25) is 29.4 Å². The van der Waals surface area contributed by atoms with Gasteiger partial charge in [0, 0.05) is 45.5 Å². The van der Waals surface area contributed by atoms with Gasteiger partial charge in [0.25, 0.3) is 22.7 Å². The van der Waals surface area contributed by atoms with Crippen LogP contribution in [-0.2, 0) is 4.79 Å². The van der Waals surface area contributed by atoms with Crippen molar-refractivity contribution in [3.05, 3.63) is 68.7 Å². The number of nitro groups is 1. The molecule has 1 saturated heterocycles. The van der Waals surface area contributed by atoms with Crippen LogP contribution in [-0.4, -0.2) is 59.0 Å². The molecule has 0 bridgehead atoms. The molecule has 0 spiro atoms. The molecule has 0 aliphatic carbocycles. The summed E-state index contributed by atoms with van der Waals surface area (Å²) in [5.74, 6) is -0.319. The van der Waals surface area contributed by atoms with Gasteiger partial charge in [-0.25, -0.2) is 4.98 Å². The molecular weight excluding hydrogens is 422 g/mol. The van der Waals surface area contributed by atoms with Gasteiger partial charge in [-0.05, 0) is 47.7 Å². The fourth-order valence-electron chi connectivity index (χ4n) is 2.84. The van der Waals surface area contributed by atoms with Crippen LogP contribution >= 0.6 is 11.8 Å². The van der Waals surface area contributed by atoms with Crippen molar-refractivity contribution in [1.29, 1.82) is 0 Å². The smallest absolute Gasteiger partial charge is 0.293 e. The van der Waals surface area contributed by atoms with E-state index in [1.165, 1.54) is 30.3 Å². The summed E-state index contributed by atoms with van der Waals surface area (Å²) in [6, 6.07) is 8.95. The summed E-state index contributed by atoms with van der Waals surface area (Å²) in [5, 5.41) is 13.0. The Morgan fingerprint density at radius 3 is 2.61 bits per heavy atom. The molecule has 3 amide bonds. The van der Waals surface area contributed by atoms with Gasteiger partial charge in [0.05, 0.1) is 15.4 Å². The Hall–Kier alpha value is -3.73. The summed E-state index contributed by atoms with van der Waals surface area (Å²) in [6.07, 6.45) is 3.09. The number of non-ortho nitro benzene ring substituents is 1. The lowest BCUT2D eigenvalue weighted by Gasteiger charge is -2.16. The summed E-state index contributed by atoms with van der Waals surface area (Å²) in [4.78, 5) is 54.6. The second-order valence-electron chi connectivity index (χ2n) is 6.71. The first-order chi connectivity index (χ1) is 14.8. The van der Waals surface area contributed by atoms with E-state index in [-0.39, 0.29) is 29.6 Å². The number of hydrogen-bond acceptors (Lipinski definition) is 8. The zero-order valence-electron chi connectivity index (χ0n) is 16.8. The van der Waals surface area contributed by atoms with Crippen LogP contribution < -0.4 is 10.2 Å². The molecule has 1 aliphatic heterocycles. The number of carbonyl (C=O) groups excluding carboxylic acids is 3. The van der Waals surface area contributed by atoms with Gasteiger partial charge in [-0.2, -0.15) is 0 Å². The lowest BCUT2D eigenvalue weighted by molar-refractivity contribution is -0.384. The van der Waals surface area contributed by atoms with Crippen LogP contribution in [0.4, 0.5) is 16.3 Å². The number of nitrogens with zero attached hydrogens (tertiary/aromatic N) is 4. The predicted molar refractivity (Wildman–Crippen MR) is 117 cm³/mol. The molecule has 0 unspecified atom stereocenters. The highest BCUT2D eigenvalue weighted by molar-refractivity contribution is 8.18. The Morgan fingerprint density at radius 1 is 1.26 bits per heavy atom. The van der Waals surface area contributed by atoms with E-state index >= 15 is 0 Å². The van der Waals surface area contributed by atoms with Crippen LogP contribution in [0, 0.1) is 10.1 Å². The monoisotopic (exact) mass is 441 g/mol. The third kappa shape index (κ3) is 5.07. The minimum atomic E-state index is -0.515. The molecule has 3 rings (SSSR count). The SMILES string of the molecule is CN(C)c1ncccc1C(=O)NCCN1C(=O)S/C(=C\c2ccc([N+](=O)[O-])cc2)C1=O. The molecule has 1 N–H and O–H groups in total. The number of nitrogens with one attached hydrogen (secondary N) is 1. The Labute approximate surface area is 182 Å². The predicted octanol–water partition coefficient (Wildman–Crippen LogP) is 2.52. The standard InChI is InChI=1S/C20H19N5O5S/c1-23(2)17-15(4-3-9-21-17)18(26)22-10-11-24-19(27)16(31-20(24)28)12-13-5-7-14(8-6-13)25(29)30/h3-9,12H,10-11H2,1-2H3,(H,22,26)/b16-12-.